The number of halogens is 1. The Morgan fingerprint density at radius 2 is 1.81 bits per heavy atom. The largest absolute Gasteiger partial charge is 0.315 e. The first-order valence-electron chi connectivity index (χ1n) is 8.33. The third-order valence-corrected chi connectivity index (χ3v) is 6.02. The minimum absolute atomic E-state index is 0.327. The van der Waals surface area contributed by atoms with Gasteiger partial charge in [0, 0.05) is 16.1 Å². The Balaban J connectivity index is 2.26. The average molecular weight is 353 g/mol. The van der Waals surface area contributed by atoms with Gasteiger partial charge in [-0.2, -0.15) is 0 Å². The lowest BCUT2D eigenvalue weighted by molar-refractivity contribution is 0.0658. The molecule has 1 aromatic rings. The van der Waals surface area contributed by atoms with Crippen molar-refractivity contribution in [2.75, 3.05) is 20.1 Å². The van der Waals surface area contributed by atoms with Crippen LogP contribution in [-0.2, 0) is 6.42 Å². The van der Waals surface area contributed by atoms with E-state index in [1.807, 2.05) is 0 Å². The Labute approximate surface area is 138 Å². The summed E-state index contributed by atoms with van der Waals surface area (Å²) in [6.45, 7) is 6.89. The summed E-state index contributed by atoms with van der Waals surface area (Å²) in [4.78, 5) is 2.69. The van der Waals surface area contributed by atoms with Gasteiger partial charge in [-0.15, -0.1) is 0 Å². The van der Waals surface area contributed by atoms with Gasteiger partial charge in [-0.05, 0) is 51.0 Å². The summed E-state index contributed by atoms with van der Waals surface area (Å²) in [6.07, 6.45) is 6.47. The number of rotatable bonds is 7. The summed E-state index contributed by atoms with van der Waals surface area (Å²) in [5, 5.41) is 3.65. The molecule has 1 atom stereocenters. The molecule has 1 fully saturated rings. The van der Waals surface area contributed by atoms with Gasteiger partial charge in [-0.25, -0.2) is 0 Å². The summed E-state index contributed by atoms with van der Waals surface area (Å²) in [5.41, 5.74) is 1.74. The molecule has 1 aliphatic carbocycles. The van der Waals surface area contributed by atoms with Crippen molar-refractivity contribution in [2.24, 2.45) is 0 Å². The first-order valence-corrected chi connectivity index (χ1v) is 9.13. The topological polar surface area (TPSA) is 15.3 Å². The van der Waals surface area contributed by atoms with E-state index in [1.165, 1.54) is 35.7 Å². The van der Waals surface area contributed by atoms with Gasteiger partial charge in [0.1, 0.15) is 0 Å². The fourth-order valence-corrected chi connectivity index (χ4v) is 4.62. The number of hydrogen-bond acceptors (Lipinski definition) is 2. The molecule has 118 valence electrons. The number of hydrogen-bond donors (Lipinski definition) is 1. The van der Waals surface area contributed by atoms with Crippen LogP contribution in [0, 0.1) is 0 Å². The SMILES string of the molecule is CCN(CC)C1(C(Cc2ccccc2Br)NC)CCCC1. The maximum atomic E-state index is 3.71. The van der Waals surface area contributed by atoms with Gasteiger partial charge in [0.15, 0.2) is 0 Å². The van der Waals surface area contributed by atoms with Crippen molar-refractivity contribution in [2.45, 2.75) is 57.5 Å². The normalized spacial score (nSPS) is 19.1. The first kappa shape index (κ1) is 17.0. The molecule has 1 aliphatic rings. The third kappa shape index (κ3) is 3.52. The minimum Gasteiger partial charge on any atom is -0.315 e. The lowest BCUT2D eigenvalue weighted by Crippen LogP contribution is -2.60. The van der Waals surface area contributed by atoms with Crippen molar-refractivity contribution in [3.63, 3.8) is 0 Å². The molecule has 21 heavy (non-hydrogen) atoms. The monoisotopic (exact) mass is 352 g/mol. The van der Waals surface area contributed by atoms with Crippen LogP contribution in [0.5, 0.6) is 0 Å². The molecule has 1 N–H and O–H groups in total. The van der Waals surface area contributed by atoms with Crippen molar-refractivity contribution in [1.82, 2.24) is 10.2 Å². The van der Waals surface area contributed by atoms with Crippen LogP contribution >= 0.6 is 15.9 Å². The van der Waals surface area contributed by atoms with E-state index in [1.54, 1.807) is 0 Å². The van der Waals surface area contributed by atoms with Gasteiger partial charge >= 0.3 is 0 Å². The number of likely N-dealkylation sites (N-methyl/N-ethyl adjacent to an activating group) is 2. The van der Waals surface area contributed by atoms with Crippen LogP contribution in [0.15, 0.2) is 28.7 Å². The second kappa shape index (κ2) is 7.75. The fraction of sp³-hybridized carbons (Fsp3) is 0.667. The summed E-state index contributed by atoms with van der Waals surface area (Å²) in [7, 11) is 2.13. The molecule has 0 aliphatic heterocycles. The zero-order valence-electron chi connectivity index (χ0n) is 13.7. The summed E-state index contributed by atoms with van der Waals surface area (Å²) < 4.78 is 1.23. The molecule has 2 nitrogen and oxygen atoms in total. The zero-order valence-corrected chi connectivity index (χ0v) is 15.2. The Morgan fingerprint density at radius 1 is 1.19 bits per heavy atom. The zero-order chi connectivity index (χ0) is 15.3. The maximum absolute atomic E-state index is 3.71. The van der Waals surface area contributed by atoms with Gasteiger partial charge in [-0.3, -0.25) is 4.90 Å². The highest BCUT2D eigenvalue weighted by Crippen LogP contribution is 2.39. The third-order valence-electron chi connectivity index (χ3n) is 5.24. The van der Waals surface area contributed by atoms with E-state index in [0.717, 1.165) is 19.5 Å². The number of nitrogens with zero attached hydrogens (tertiary/aromatic N) is 1. The van der Waals surface area contributed by atoms with Crippen LogP contribution in [0.1, 0.15) is 45.1 Å². The molecular formula is C18H29BrN2. The maximum Gasteiger partial charge on any atom is 0.0365 e. The van der Waals surface area contributed by atoms with E-state index >= 15 is 0 Å². The highest BCUT2D eigenvalue weighted by atomic mass is 79.9. The van der Waals surface area contributed by atoms with Crippen LogP contribution < -0.4 is 5.32 Å². The van der Waals surface area contributed by atoms with E-state index in [9.17, 15) is 0 Å². The minimum atomic E-state index is 0.327. The quantitative estimate of drug-likeness (QED) is 0.789. The molecule has 0 aromatic heterocycles. The highest BCUT2D eigenvalue weighted by molar-refractivity contribution is 9.10. The Morgan fingerprint density at radius 3 is 2.33 bits per heavy atom. The fourth-order valence-electron chi connectivity index (χ4n) is 4.17. The second-order valence-corrected chi connectivity index (χ2v) is 6.97. The molecule has 0 spiro atoms. The predicted octanol–water partition coefficient (Wildman–Crippen LogP) is 4.23. The van der Waals surface area contributed by atoms with E-state index in [0.29, 0.717) is 11.6 Å². The van der Waals surface area contributed by atoms with E-state index in [2.05, 4.69) is 71.3 Å². The molecule has 1 aromatic carbocycles. The highest BCUT2D eigenvalue weighted by Gasteiger charge is 2.44. The summed E-state index contributed by atoms with van der Waals surface area (Å²) in [6, 6.07) is 9.15. The average Bonchev–Trinajstić information content (AvgIpc) is 2.98. The van der Waals surface area contributed by atoms with Gasteiger partial charge in [-0.1, -0.05) is 60.8 Å². The lowest BCUT2D eigenvalue weighted by atomic mass is 9.82. The van der Waals surface area contributed by atoms with E-state index < -0.39 is 0 Å². The molecule has 1 saturated carbocycles. The lowest BCUT2D eigenvalue weighted by Gasteiger charge is -2.46. The molecule has 1 unspecified atom stereocenters. The van der Waals surface area contributed by atoms with Gasteiger partial charge < -0.3 is 5.32 Å². The van der Waals surface area contributed by atoms with Crippen molar-refractivity contribution in [3.05, 3.63) is 34.3 Å². The van der Waals surface area contributed by atoms with Crippen LogP contribution in [-0.4, -0.2) is 36.6 Å². The molecule has 2 rings (SSSR count). The standard InChI is InChI=1S/C18H29BrN2/c1-4-21(5-2)18(12-8-9-13-18)17(20-3)14-15-10-6-7-11-16(15)19/h6-7,10-11,17,20H,4-5,8-9,12-14H2,1-3H3. The van der Waals surface area contributed by atoms with Crippen LogP contribution in [0.25, 0.3) is 0 Å². The van der Waals surface area contributed by atoms with Crippen molar-refractivity contribution >= 4 is 15.9 Å². The van der Waals surface area contributed by atoms with E-state index in [-0.39, 0.29) is 0 Å². The first-order chi connectivity index (χ1) is 10.2. The van der Waals surface area contributed by atoms with Gasteiger partial charge in [0.25, 0.3) is 0 Å². The molecule has 0 heterocycles. The molecular weight excluding hydrogens is 324 g/mol. The van der Waals surface area contributed by atoms with Crippen molar-refractivity contribution in [1.29, 1.82) is 0 Å². The van der Waals surface area contributed by atoms with Crippen LogP contribution in [0.4, 0.5) is 0 Å². The predicted molar refractivity (Wildman–Crippen MR) is 94.8 cm³/mol. The summed E-state index contributed by atoms with van der Waals surface area (Å²) in [5.74, 6) is 0. The van der Waals surface area contributed by atoms with Crippen molar-refractivity contribution in [3.8, 4) is 0 Å². The molecule has 0 radical (unpaired) electrons. The smallest absolute Gasteiger partial charge is 0.0365 e. The van der Waals surface area contributed by atoms with Crippen molar-refractivity contribution < 1.29 is 0 Å². The molecule has 3 heteroatoms. The van der Waals surface area contributed by atoms with Crippen LogP contribution in [0.3, 0.4) is 0 Å². The molecule has 0 amide bonds. The van der Waals surface area contributed by atoms with E-state index in [4.69, 9.17) is 0 Å². The number of nitrogens with one attached hydrogen (secondary N) is 1. The van der Waals surface area contributed by atoms with Gasteiger partial charge in [0.05, 0.1) is 0 Å². The summed E-state index contributed by atoms with van der Waals surface area (Å²) >= 11 is 3.71. The molecule has 0 bridgehead atoms. The van der Waals surface area contributed by atoms with Gasteiger partial charge in [0.2, 0.25) is 0 Å². The second-order valence-electron chi connectivity index (χ2n) is 6.12. The number of benzene rings is 1. The van der Waals surface area contributed by atoms with Crippen LogP contribution in [0.2, 0.25) is 0 Å². The Bertz CT molecular complexity index is 437. The molecule has 0 saturated heterocycles. The Hall–Kier alpha value is -0.380. The Kier molecular flexibility index (Phi) is 6.27.